The quantitative estimate of drug-likeness (QED) is 0.636. The second-order valence-corrected chi connectivity index (χ2v) is 5.26. The molecule has 0 aromatic heterocycles. The first-order valence-corrected chi connectivity index (χ1v) is 5.11. The van der Waals surface area contributed by atoms with Crippen LogP contribution >= 0.6 is 11.6 Å². The van der Waals surface area contributed by atoms with Crippen LogP contribution in [0, 0.1) is 0 Å². The first-order chi connectivity index (χ1) is 5.99. The van der Waals surface area contributed by atoms with E-state index in [1.165, 1.54) is 5.56 Å². The van der Waals surface area contributed by atoms with Crippen molar-refractivity contribution in [3.63, 3.8) is 0 Å². The van der Waals surface area contributed by atoms with Crippen LogP contribution in [-0.4, -0.2) is 4.87 Å². The van der Waals surface area contributed by atoms with Crippen molar-refractivity contribution < 1.29 is 0 Å². The van der Waals surface area contributed by atoms with Gasteiger partial charge in [-0.2, -0.15) is 0 Å². The van der Waals surface area contributed by atoms with Gasteiger partial charge in [0.25, 0.3) is 0 Å². The summed E-state index contributed by atoms with van der Waals surface area (Å²) in [5, 5.41) is 0. The Morgan fingerprint density at radius 2 is 1.77 bits per heavy atom. The fourth-order valence-corrected chi connectivity index (χ4v) is 1.86. The minimum atomic E-state index is -0.102. The first-order valence-electron chi connectivity index (χ1n) is 4.73. The molecule has 1 atom stereocenters. The Morgan fingerprint density at radius 3 is 2.23 bits per heavy atom. The smallest absolute Gasteiger partial charge is 0.0396 e. The summed E-state index contributed by atoms with van der Waals surface area (Å²) in [4.78, 5) is -0.102. The average Bonchev–Trinajstić information content (AvgIpc) is 2.03. The van der Waals surface area contributed by atoms with E-state index < -0.39 is 0 Å². The third-order valence-electron chi connectivity index (χ3n) is 2.16. The van der Waals surface area contributed by atoms with E-state index in [0.29, 0.717) is 5.92 Å². The largest absolute Gasteiger partial charge is 0.120 e. The van der Waals surface area contributed by atoms with Crippen molar-refractivity contribution in [3.05, 3.63) is 35.9 Å². The highest BCUT2D eigenvalue weighted by Crippen LogP contribution is 2.29. The summed E-state index contributed by atoms with van der Waals surface area (Å²) in [7, 11) is 0. The minimum absolute atomic E-state index is 0.102. The van der Waals surface area contributed by atoms with Crippen LogP contribution in [0.2, 0.25) is 0 Å². The van der Waals surface area contributed by atoms with E-state index in [-0.39, 0.29) is 4.87 Å². The molecule has 0 spiro atoms. The first kappa shape index (κ1) is 10.6. The summed E-state index contributed by atoms with van der Waals surface area (Å²) >= 11 is 6.18. The van der Waals surface area contributed by atoms with Crippen LogP contribution in [0.1, 0.15) is 38.7 Å². The fraction of sp³-hybridized carbons (Fsp3) is 0.500. The van der Waals surface area contributed by atoms with Crippen molar-refractivity contribution in [2.24, 2.45) is 0 Å². The molecule has 0 saturated heterocycles. The number of alkyl halides is 1. The molecule has 0 heterocycles. The molecule has 0 amide bonds. The summed E-state index contributed by atoms with van der Waals surface area (Å²) in [5.41, 5.74) is 1.37. The van der Waals surface area contributed by atoms with E-state index in [4.69, 9.17) is 11.6 Å². The normalized spacial score (nSPS) is 14.2. The number of hydrogen-bond donors (Lipinski definition) is 0. The summed E-state index contributed by atoms with van der Waals surface area (Å²) in [6, 6.07) is 10.5. The zero-order valence-corrected chi connectivity index (χ0v) is 9.31. The minimum Gasteiger partial charge on any atom is -0.120 e. The Hall–Kier alpha value is -0.490. The van der Waals surface area contributed by atoms with E-state index in [9.17, 15) is 0 Å². The average molecular weight is 197 g/mol. The van der Waals surface area contributed by atoms with Crippen LogP contribution < -0.4 is 0 Å². The molecule has 0 aliphatic rings. The molecule has 0 aliphatic heterocycles. The second-order valence-electron chi connectivity index (χ2n) is 4.23. The Labute approximate surface area is 85.9 Å². The highest BCUT2D eigenvalue weighted by Gasteiger charge is 2.18. The molecule has 1 unspecified atom stereocenters. The molecule has 0 nitrogen and oxygen atoms in total. The van der Waals surface area contributed by atoms with Crippen molar-refractivity contribution in [1.82, 2.24) is 0 Å². The zero-order valence-electron chi connectivity index (χ0n) is 8.55. The van der Waals surface area contributed by atoms with E-state index in [1.54, 1.807) is 0 Å². The molecule has 0 aliphatic carbocycles. The highest BCUT2D eigenvalue weighted by molar-refractivity contribution is 6.23. The van der Waals surface area contributed by atoms with Gasteiger partial charge in [-0.3, -0.25) is 0 Å². The van der Waals surface area contributed by atoms with Crippen molar-refractivity contribution in [3.8, 4) is 0 Å². The molecule has 0 saturated carbocycles. The van der Waals surface area contributed by atoms with Gasteiger partial charge in [-0.1, -0.05) is 37.3 Å². The maximum atomic E-state index is 6.18. The van der Waals surface area contributed by atoms with Crippen molar-refractivity contribution in [2.45, 2.75) is 38.0 Å². The molecular formula is C12H17Cl. The van der Waals surface area contributed by atoms with Crippen molar-refractivity contribution in [2.75, 3.05) is 0 Å². The lowest BCUT2D eigenvalue weighted by Crippen LogP contribution is -2.13. The van der Waals surface area contributed by atoms with E-state index in [0.717, 1.165) is 6.42 Å². The monoisotopic (exact) mass is 196 g/mol. The Balaban J connectivity index is 2.64. The maximum absolute atomic E-state index is 6.18. The van der Waals surface area contributed by atoms with E-state index in [1.807, 2.05) is 6.07 Å². The number of benzene rings is 1. The molecule has 1 aromatic rings. The molecule has 13 heavy (non-hydrogen) atoms. The van der Waals surface area contributed by atoms with Gasteiger partial charge in [0.1, 0.15) is 0 Å². The molecule has 1 heteroatoms. The van der Waals surface area contributed by atoms with Gasteiger partial charge in [-0.05, 0) is 31.7 Å². The van der Waals surface area contributed by atoms with Crippen LogP contribution in [0.15, 0.2) is 30.3 Å². The highest BCUT2D eigenvalue weighted by atomic mass is 35.5. The molecule has 0 radical (unpaired) electrons. The van der Waals surface area contributed by atoms with E-state index in [2.05, 4.69) is 45.0 Å². The van der Waals surface area contributed by atoms with Crippen LogP contribution in [0.3, 0.4) is 0 Å². The third-order valence-corrected chi connectivity index (χ3v) is 2.31. The van der Waals surface area contributed by atoms with Gasteiger partial charge < -0.3 is 0 Å². The number of halogens is 1. The Morgan fingerprint density at radius 1 is 1.23 bits per heavy atom. The maximum Gasteiger partial charge on any atom is 0.0396 e. The lowest BCUT2D eigenvalue weighted by atomic mass is 9.92. The van der Waals surface area contributed by atoms with Crippen LogP contribution in [0.4, 0.5) is 0 Å². The molecule has 0 N–H and O–H groups in total. The molecule has 72 valence electrons. The second kappa shape index (κ2) is 4.15. The summed E-state index contributed by atoms with van der Waals surface area (Å²) < 4.78 is 0. The van der Waals surface area contributed by atoms with Gasteiger partial charge in [0.05, 0.1) is 0 Å². The summed E-state index contributed by atoms with van der Waals surface area (Å²) in [6.45, 7) is 6.35. The standard InChI is InChI=1S/C12H17Cl/c1-10(9-12(2,3)13)11-7-5-4-6-8-11/h4-8,10H,9H2,1-3H3. The predicted octanol–water partition coefficient (Wildman–Crippen LogP) is 4.20. The van der Waals surface area contributed by atoms with Crippen LogP contribution in [0.25, 0.3) is 0 Å². The molecule has 1 aromatic carbocycles. The Kier molecular flexibility index (Phi) is 3.38. The molecule has 1 rings (SSSR count). The number of rotatable bonds is 3. The van der Waals surface area contributed by atoms with Gasteiger partial charge in [-0.15, -0.1) is 11.6 Å². The van der Waals surface area contributed by atoms with Crippen molar-refractivity contribution in [1.29, 1.82) is 0 Å². The van der Waals surface area contributed by atoms with E-state index >= 15 is 0 Å². The number of hydrogen-bond acceptors (Lipinski definition) is 0. The van der Waals surface area contributed by atoms with Crippen molar-refractivity contribution >= 4 is 11.6 Å². The fourth-order valence-electron chi connectivity index (χ4n) is 1.63. The lowest BCUT2D eigenvalue weighted by molar-refractivity contribution is 0.556. The predicted molar refractivity (Wildman–Crippen MR) is 59.4 cm³/mol. The summed E-state index contributed by atoms with van der Waals surface area (Å²) in [5.74, 6) is 0.536. The van der Waals surface area contributed by atoms with Gasteiger partial charge in [0.15, 0.2) is 0 Å². The van der Waals surface area contributed by atoms with Crippen LogP contribution in [-0.2, 0) is 0 Å². The third kappa shape index (κ3) is 3.82. The van der Waals surface area contributed by atoms with Crippen LogP contribution in [0.5, 0.6) is 0 Å². The SMILES string of the molecule is CC(CC(C)(C)Cl)c1ccccc1. The van der Waals surface area contributed by atoms with Gasteiger partial charge >= 0.3 is 0 Å². The molecule has 0 bridgehead atoms. The molecular weight excluding hydrogens is 180 g/mol. The zero-order chi connectivity index (χ0) is 9.90. The lowest BCUT2D eigenvalue weighted by Gasteiger charge is -2.21. The summed E-state index contributed by atoms with van der Waals surface area (Å²) in [6.07, 6.45) is 1.01. The van der Waals surface area contributed by atoms with Gasteiger partial charge in [-0.25, -0.2) is 0 Å². The van der Waals surface area contributed by atoms with Gasteiger partial charge in [0.2, 0.25) is 0 Å². The van der Waals surface area contributed by atoms with Gasteiger partial charge in [0, 0.05) is 4.87 Å². The topological polar surface area (TPSA) is 0 Å². The Bertz CT molecular complexity index is 246. The molecule has 0 fully saturated rings.